The third-order valence-electron chi connectivity index (χ3n) is 8.67. The number of rotatable bonds is 3. The zero-order valence-corrected chi connectivity index (χ0v) is 22.9. The van der Waals surface area contributed by atoms with Gasteiger partial charge in [0.2, 0.25) is 0 Å². The molecular weight excluding hydrogens is 460 g/mol. The SMILES string of the molecule is CN1CCCCCCCCCCC2CCC1CC(n1ccc3cc(N=C(N)c4cccs4)ccc31)C2. The van der Waals surface area contributed by atoms with E-state index < -0.39 is 0 Å². The van der Waals surface area contributed by atoms with Crippen molar-refractivity contribution in [2.24, 2.45) is 16.6 Å². The van der Waals surface area contributed by atoms with Gasteiger partial charge in [0.1, 0.15) is 5.84 Å². The highest BCUT2D eigenvalue weighted by atomic mass is 32.1. The first-order valence-electron chi connectivity index (χ1n) is 14.4. The summed E-state index contributed by atoms with van der Waals surface area (Å²) < 4.78 is 2.59. The van der Waals surface area contributed by atoms with Crippen molar-refractivity contribution in [3.05, 3.63) is 52.9 Å². The van der Waals surface area contributed by atoms with Gasteiger partial charge in [-0.15, -0.1) is 11.3 Å². The van der Waals surface area contributed by atoms with E-state index in [0.29, 0.717) is 17.9 Å². The van der Waals surface area contributed by atoms with Crippen molar-refractivity contribution in [3.63, 3.8) is 0 Å². The van der Waals surface area contributed by atoms with E-state index in [1.54, 1.807) is 11.3 Å². The number of thiophene rings is 1. The van der Waals surface area contributed by atoms with Crippen LogP contribution in [0.2, 0.25) is 0 Å². The molecule has 36 heavy (non-hydrogen) atoms. The summed E-state index contributed by atoms with van der Waals surface area (Å²) in [6.45, 7) is 1.25. The van der Waals surface area contributed by atoms with Gasteiger partial charge in [0, 0.05) is 29.2 Å². The molecule has 5 heteroatoms. The van der Waals surface area contributed by atoms with Crippen LogP contribution in [0.4, 0.5) is 5.69 Å². The molecule has 1 saturated heterocycles. The smallest absolute Gasteiger partial charge is 0.141 e. The molecule has 0 spiro atoms. The number of hydrogen-bond donors (Lipinski definition) is 1. The van der Waals surface area contributed by atoms with E-state index in [1.165, 1.54) is 101 Å². The largest absolute Gasteiger partial charge is 0.383 e. The van der Waals surface area contributed by atoms with Crippen LogP contribution in [0.5, 0.6) is 0 Å². The second kappa shape index (κ2) is 12.4. The fourth-order valence-electron chi connectivity index (χ4n) is 6.54. The minimum atomic E-state index is 0.570. The molecule has 3 atom stereocenters. The second-order valence-corrected chi connectivity index (χ2v) is 12.2. The van der Waals surface area contributed by atoms with Gasteiger partial charge in [-0.3, -0.25) is 0 Å². The maximum atomic E-state index is 6.26. The lowest BCUT2D eigenvalue weighted by Gasteiger charge is -2.30. The minimum Gasteiger partial charge on any atom is -0.383 e. The molecule has 2 bridgehead atoms. The van der Waals surface area contributed by atoms with E-state index in [0.717, 1.165) is 16.5 Å². The van der Waals surface area contributed by atoms with Gasteiger partial charge >= 0.3 is 0 Å². The first kappa shape index (κ1) is 25.5. The van der Waals surface area contributed by atoms with Crippen molar-refractivity contribution < 1.29 is 0 Å². The molecule has 0 amide bonds. The lowest BCUT2D eigenvalue weighted by atomic mass is 9.91. The van der Waals surface area contributed by atoms with E-state index >= 15 is 0 Å². The number of fused-ring (bicyclic) bond motifs is 4. The van der Waals surface area contributed by atoms with Crippen molar-refractivity contribution in [3.8, 4) is 0 Å². The van der Waals surface area contributed by atoms with Crippen molar-refractivity contribution in [1.29, 1.82) is 0 Å². The van der Waals surface area contributed by atoms with E-state index in [2.05, 4.69) is 47.0 Å². The summed E-state index contributed by atoms with van der Waals surface area (Å²) in [5.41, 5.74) is 8.53. The van der Waals surface area contributed by atoms with Gasteiger partial charge in [0.05, 0.1) is 10.6 Å². The monoisotopic (exact) mass is 504 g/mol. The molecule has 2 aromatic heterocycles. The number of benzene rings is 1. The predicted molar refractivity (Wildman–Crippen MR) is 156 cm³/mol. The van der Waals surface area contributed by atoms with Crippen LogP contribution in [0.3, 0.4) is 0 Å². The van der Waals surface area contributed by atoms with Crippen LogP contribution in [0.25, 0.3) is 10.9 Å². The Bertz CT molecular complexity index is 1120. The van der Waals surface area contributed by atoms with Crippen LogP contribution < -0.4 is 5.73 Å². The summed E-state index contributed by atoms with van der Waals surface area (Å²) in [5.74, 6) is 1.45. The molecule has 1 aliphatic heterocycles. The summed E-state index contributed by atoms with van der Waals surface area (Å²) in [5, 5.41) is 3.31. The summed E-state index contributed by atoms with van der Waals surface area (Å²) in [6, 6.07) is 14.2. The molecule has 194 valence electrons. The van der Waals surface area contributed by atoms with Crippen LogP contribution in [-0.4, -0.2) is 34.9 Å². The molecule has 1 aliphatic carbocycles. The number of hydrogen-bond acceptors (Lipinski definition) is 3. The summed E-state index contributed by atoms with van der Waals surface area (Å²) >= 11 is 1.63. The maximum Gasteiger partial charge on any atom is 0.141 e. The van der Waals surface area contributed by atoms with Gasteiger partial charge in [-0.25, -0.2) is 4.99 Å². The third kappa shape index (κ3) is 6.41. The Balaban J connectivity index is 1.37. The van der Waals surface area contributed by atoms with Crippen molar-refractivity contribution >= 4 is 33.8 Å². The Labute approximate surface area is 221 Å². The van der Waals surface area contributed by atoms with E-state index in [4.69, 9.17) is 10.7 Å². The average Bonchev–Trinajstić information content (AvgIpc) is 3.51. The quantitative estimate of drug-likeness (QED) is 0.288. The molecule has 1 aromatic carbocycles. The van der Waals surface area contributed by atoms with Crippen LogP contribution in [0.1, 0.15) is 94.4 Å². The van der Waals surface area contributed by atoms with Gasteiger partial charge < -0.3 is 15.2 Å². The number of nitrogens with two attached hydrogens (primary N) is 1. The lowest BCUT2D eigenvalue weighted by molar-refractivity contribution is 0.201. The highest BCUT2D eigenvalue weighted by Crippen LogP contribution is 2.38. The molecule has 5 rings (SSSR count). The molecule has 0 radical (unpaired) electrons. The Morgan fingerprint density at radius 3 is 2.50 bits per heavy atom. The Morgan fingerprint density at radius 2 is 1.69 bits per heavy atom. The fraction of sp³-hybridized carbons (Fsp3) is 0.581. The predicted octanol–water partition coefficient (Wildman–Crippen LogP) is 8.30. The lowest BCUT2D eigenvalue weighted by Crippen LogP contribution is -2.33. The van der Waals surface area contributed by atoms with Crippen molar-refractivity contribution in [1.82, 2.24) is 9.47 Å². The second-order valence-electron chi connectivity index (χ2n) is 11.3. The average molecular weight is 505 g/mol. The van der Waals surface area contributed by atoms with Gasteiger partial charge in [-0.2, -0.15) is 0 Å². The van der Waals surface area contributed by atoms with Crippen LogP contribution >= 0.6 is 11.3 Å². The van der Waals surface area contributed by atoms with Gasteiger partial charge in [-0.1, -0.05) is 57.4 Å². The molecule has 2 aliphatic rings. The van der Waals surface area contributed by atoms with E-state index in [9.17, 15) is 0 Å². The van der Waals surface area contributed by atoms with Crippen LogP contribution in [0.15, 0.2) is 53.0 Å². The van der Waals surface area contributed by atoms with E-state index in [1.807, 2.05) is 17.5 Å². The molecular formula is C31H44N4S. The number of aliphatic imine (C=N–C) groups is 1. The van der Waals surface area contributed by atoms with Gasteiger partial charge in [0.15, 0.2) is 0 Å². The number of aromatic nitrogens is 1. The molecule has 3 aromatic rings. The summed E-state index contributed by atoms with van der Waals surface area (Å²) in [6.07, 6.45) is 20.4. The van der Waals surface area contributed by atoms with Crippen molar-refractivity contribution in [2.45, 2.75) is 95.6 Å². The first-order valence-corrected chi connectivity index (χ1v) is 15.2. The van der Waals surface area contributed by atoms with Crippen LogP contribution in [0, 0.1) is 5.92 Å². The van der Waals surface area contributed by atoms with Crippen LogP contribution in [-0.2, 0) is 0 Å². The normalized spacial score (nSPS) is 25.9. The topological polar surface area (TPSA) is 46.5 Å². The number of amidine groups is 1. The molecule has 4 nitrogen and oxygen atoms in total. The number of nitrogens with zero attached hydrogens (tertiary/aromatic N) is 3. The molecule has 3 unspecified atom stereocenters. The zero-order valence-electron chi connectivity index (χ0n) is 22.1. The molecule has 2 fully saturated rings. The Morgan fingerprint density at radius 1 is 0.889 bits per heavy atom. The summed E-state index contributed by atoms with van der Waals surface area (Å²) in [7, 11) is 2.39. The summed E-state index contributed by atoms with van der Waals surface area (Å²) in [4.78, 5) is 8.43. The van der Waals surface area contributed by atoms with E-state index in [-0.39, 0.29) is 0 Å². The molecule has 2 N–H and O–H groups in total. The highest BCUT2D eigenvalue weighted by molar-refractivity contribution is 7.12. The standard InChI is InChI=1S/C31H44N4S/c1-34-18-9-7-5-3-2-4-6-8-11-24-13-15-27(34)23-28(21-24)35-19-17-25-22-26(14-16-29(25)35)33-31(32)30-12-10-20-36-30/h10,12,14,16-17,19-20,22,24,27-28H,2-9,11,13,15,18,21,23H2,1H3,(H2,32,33). The van der Waals surface area contributed by atoms with Crippen molar-refractivity contribution in [2.75, 3.05) is 13.6 Å². The molecule has 3 heterocycles. The Kier molecular flexibility index (Phi) is 8.81. The minimum absolute atomic E-state index is 0.570. The zero-order chi connectivity index (χ0) is 24.7. The van der Waals surface area contributed by atoms with Gasteiger partial charge in [0.25, 0.3) is 0 Å². The van der Waals surface area contributed by atoms with Gasteiger partial charge in [-0.05, 0) is 87.3 Å². The first-order chi connectivity index (χ1) is 17.7. The molecule has 1 saturated carbocycles. The fourth-order valence-corrected chi connectivity index (χ4v) is 7.17. The third-order valence-corrected chi connectivity index (χ3v) is 9.57. The maximum absolute atomic E-state index is 6.26. The Hall–Kier alpha value is -2.11. The highest BCUT2D eigenvalue weighted by Gasteiger charge is 2.29.